The van der Waals surface area contributed by atoms with Gasteiger partial charge in [-0.1, -0.05) is 47.1 Å². The third kappa shape index (κ3) is 3.82. The SMILES string of the molecule is CCNC(c1ccc(OC)cc1Br)c1ccccc1SC. The smallest absolute Gasteiger partial charge is 0.120 e. The zero-order valence-corrected chi connectivity index (χ0v) is 14.9. The average molecular weight is 366 g/mol. The van der Waals surface area contributed by atoms with E-state index in [0.29, 0.717) is 0 Å². The number of thioether (sulfide) groups is 1. The summed E-state index contributed by atoms with van der Waals surface area (Å²) in [5, 5.41) is 3.58. The lowest BCUT2D eigenvalue weighted by Gasteiger charge is -2.22. The highest BCUT2D eigenvalue weighted by Crippen LogP contribution is 2.35. The first-order valence-corrected chi connectivity index (χ1v) is 8.92. The van der Waals surface area contributed by atoms with E-state index in [2.05, 4.69) is 64.8 Å². The van der Waals surface area contributed by atoms with Gasteiger partial charge in [-0.25, -0.2) is 0 Å². The highest BCUT2D eigenvalue weighted by atomic mass is 79.9. The van der Waals surface area contributed by atoms with Gasteiger partial charge in [0.1, 0.15) is 5.75 Å². The van der Waals surface area contributed by atoms with E-state index in [-0.39, 0.29) is 6.04 Å². The topological polar surface area (TPSA) is 21.3 Å². The van der Waals surface area contributed by atoms with Crippen LogP contribution in [0.5, 0.6) is 5.75 Å². The molecule has 2 nitrogen and oxygen atoms in total. The molecule has 1 atom stereocenters. The predicted octanol–water partition coefficient (Wildman–Crippen LogP) is 4.88. The quantitative estimate of drug-likeness (QED) is 0.737. The molecule has 0 aliphatic rings. The minimum Gasteiger partial charge on any atom is -0.497 e. The molecule has 4 heteroatoms. The molecule has 0 spiro atoms. The summed E-state index contributed by atoms with van der Waals surface area (Å²) in [6.07, 6.45) is 2.12. The van der Waals surface area contributed by atoms with Crippen LogP contribution < -0.4 is 10.1 Å². The van der Waals surface area contributed by atoms with Crippen molar-refractivity contribution >= 4 is 27.7 Å². The molecule has 1 unspecified atom stereocenters. The fourth-order valence-electron chi connectivity index (χ4n) is 2.37. The maximum atomic E-state index is 5.29. The molecule has 0 saturated carbocycles. The van der Waals surface area contributed by atoms with E-state index in [4.69, 9.17) is 4.74 Å². The molecule has 0 aliphatic heterocycles. The van der Waals surface area contributed by atoms with Crippen molar-refractivity contribution in [1.29, 1.82) is 0 Å². The van der Waals surface area contributed by atoms with Crippen molar-refractivity contribution < 1.29 is 4.74 Å². The molecule has 0 saturated heterocycles. The Labute approximate surface area is 139 Å². The summed E-state index contributed by atoms with van der Waals surface area (Å²) in [6.45, 7) is 3.04. The molecule has 0 fully saturated rings. The van der Waals surface area contributed by atoms with Crippen LogP contribution in [0.2, 0.25) is 0 Å². The van der Waals surface area contributed by atoms with Gasteiger partial charge in [0.05, 0.1) is 13.2 Å². The van der Waals surface area contributed by atoms with Crippen LogP contribution in [0.15, 0.2) is 51.8 Å². The third-order valence-electron chi connectivity index (χ3n) is 3.38. The molecule has 0 heterocycles. The van der Waals surface area contributed by atoms with Gasteiger partial charge in [-0.3, -0.25) is 0 Å². The molecule has 0 amide bonds. The number of hydrogen-bond donors (Lipinski definition) is 1. The van der Waals surface area contributed by atoms with Crippen LogP contribution in [0, 0.1) is 0 Å². The van der Waals surface area contributed by atoms with Crippen molar-refractivity contribution in [2.45, 2.75) is 17.9 Å². The maximum absolute atomic E-state index is 5.29. The second-order valence-corrected chi connectivity index (χ2v) is 6.32. The molecule has 2 aromatic carbocycles. The molecular formula is C17H20BrNOS. The van der Waals surface area contributed by atoms with Crippen LogP contribution >= 0.6 is 27.7 Å². The van der Waals surface area contributed by atoms with Crippen LogP contribution in [-0.2, 0) is 0 Å². The molecule has 0 aliphatic carbocycles. The van der Waals surface area contributed by atoms with Crippen molar-refractivity contribution in [2.24, 2.45) is 0 Å². The minimum absolute atomic E-state index is 0.166. The molecule has 21 heavy (non-hydrogen) atoms. The second-order valence-electron chi connectivity index (χ2n) is 4.62. The Morgan fingerprint density at radius 3 is 2.57 bits per heavy atom. The lowest BCUT2D eigenvalue weighted by Crippen LogP contribution is -2.23. The van der Waals surface area contributed by atoms with Crippen molar-refractivity contribution in [1.82, 2.24) is 5.32 Å². The molecule has 0 aromatic heterocycles. The standard InChI is InChI=1S/C17H20BrNOS/c1-4-19-17(14-7-5-6-8-16(14)21-3)13-10-9-12(20-2)11-15(13)18/h5-11,17,19H,4H2,1-3H3. The molecular weight excluding hydrogens is 346 g/mol. The maximum Gasteiger partial charge on any atom is 0.120 e. The fraction of sp³-hybridized carbons (Fsp3) is 0.294. The van der Waals surface area contributed by atoms with Gasteiger partial charge in [-0.05, 0) is 42.1 Å². The van der Waals surface area contributed by atoms with E-state index >= 15 is 0 Å². The van der Waals surface area contributed by atoms with Gasteiger partial charge in [-0.15, -0.1) is 11.8 Å². The Hall–Kier alpha value is -0.970. The van der Waals surface area contributed by atoms with Crippen molar-refractivity contribution in [3.63, 3.8) is 0 Å². The summed E-state index contributed by atoms with van der Waals surface area (Å²) >= 11 is 5.45. The predicted molar refractivity (Wildman–Crippen MR) is 94.4 cm³/mol. The van der Waals surface area contributed by atoms with Gasteiger partial charge in [0, 0.05) is 9.37 Å². The van der Waals surface area contributed by atoms with E-state index in [0.717, 1.165) is 16.8 Å². The number of rotatable bonds is 6. The van der Waals surface area contributed by atoms with Crippen LogP contribution in [0.25, 0.3) is 0 Å². The number of hydrogen-bond acceptors (Lipinski definition) is 3. The van der Waals surface area contributed by atoms with Crippen LogP contribution in [0.3, 0.4) is 0 Å². The zero-order chi connectivity index (χ0) is 15.2. The Morgan fingerprint density at radius 2 is 1.95 bits per heavy atom. The first-order chi connectivity index (χ1) is 10.2. The Bertz CT molecular complexity index is 603. The van der Waals surface area contributed by atoms with Crippen LogP contribution in [-0.4, -0.2) is 19.9 Å². The highest BCUT2D eigenvalue weighted by Gasteiger charge is 2.18. The number of methoxy groups -OCH3 is 1. The summed E-state index contributed by atoms with van der Waals surface area (Å²) in [4.78, 5) is 1.30. The summed E-state index contributed by atoms with van der Waals surface area (Å²) in [7, 11) is 1.69. The molecule has 0 radical (unpaired) electrons. The number of halogens is 1. The summed E-state index contributed by atoms with van der Waals surface area (Å²) < 4.78 is 6.34. The number of benzene rings is 2. The van der Waals surface area contributed by atoms with E-state index in [1.807, 2.05) is 12.1 Å². The van der Waals surface area contributed by atoms with Gasteiger partial charge in [-0.2, -0.15) is 0 Å². The third-order valence-corrected chi connectivity index (χ3v) is 4.88. The number of nitrogens with one attached hydrogen (secondary N) is 1. The van der Waals surface area contributed by atoms with E-state index in [9.17, 15) is 0 Å². The molecule has 2 rings (SSSR count). The van der Waals surface area contributed by atoms with Crippen molar-refractivity contribution in [2.75, 3.05) is 19.9 Å². The Kier molecular flexibility index (Phi) is 6.15. The van der Waals surface area contributed by atoms with Gasteiger partial charge in [0.15, 0.2) is 0 Å². The van der Waals surface area contributed by atoms with Crippen LogP contribution in [0.4, 0.5) is 0 Å². The molecule has 0 bridgehead atoms. The largest absolute Gasteiger partial charge is 0.497 e. The minimum atomic E-state index is 0.166. The monoisotopic (exact) mass is 365 g/mol. The highest BCUT2D eigenvalue weighted by molar-refractivity contribution is 9.10. The zero-order valence-electron chi connectivity index (χ0n) is 12.5. The second kappa shape index (κ2) is 7.87. The first-order valence-electron chi connectivity index (χ1n) is 6.91. The van der Waals surface area contributed by atoms with E-state index in [1.165, 1.54) is 16.0 Å². The van der Waals surface area contributed by atoms with Gasteiger partial charge < -0.3 is 10.1 Å². The molecule has 112 valence electrons. The Balaban J connectivity index is 2.48. The van der Waals surface area contributed by atoms with Gasteiger partial charge in [0.25, 0.3) is 0 Å². The van der Waals surface area contributed by atoms with Crippen molar-refractivity contribution in [3.8, 4) is 5.75 Å². The van der Waals surface area contributed by atoms with Gasteiger partial charge >= 0.3 is 0 Å². The number of ether oxygens (including phenoxy) is 1. The first kappa shape index (κ1) is 16.4. The molecule has 1 N–H and O–H groups in total. The average Bonchev–Trinajstić information content (AvgIpc) is 2.53. The van der Waals surface area contributed by atoms with Crippen molar-refractivity contribution in [3.05, 3.63) is 58.1 Å². The Morgan fingerprint density at radius 1 is 1.19 bits per heavy atom. The fourth-order valence-corrected chi connectivity index (χ4v) is 3.59. The summed E-state index contributed by atoms with van der Waals surface area (Å²) in [6, 6.07) is 14.8. The van der Waals surface area contributed by atoms with E-state index < -0.39 is 0 Å². The van der Waals surface area contributed by atoms with Crippen LogP contribution in [0.1, 0.15) is 24.1 Å². The lowest BCUT2D eigenvalue weighted by molar-refractivity contribution is 0.414. The van der Waals surface area contributed by atoms with Gasteiger partial charge in [0.2, 0.25) is 0 Å². The summed E-state index contributed by atoms with van der Waals surface area (Å²) in [5.74, 6) is 0.860. The normalized spacial score (nSPS) is 12.2. The summed E-state index contributed by atoms with van der Waals surface area (Å²) in [5.41, 5.74) is 2.52. The molecule has 2 aromatic rings. The van der Waals surface area contributed by atoms with E-state index in [1.54, 1.807) is 18.9 Å². The lowest BCUT2D eigenvalue weighted by atomic mass is 9.98.